The van der Waals surface area contributed by atoms with Crippen LogP contribution >= 0.6 is 0 Å². The molecule has 2 aliphatic heterocycles. The van der Waals surface area contributed by atoms with Gasteiger partial charge in [0, 0.05) is 52.2 Å². The first-order valence-electron chi connectivity index (χ1n) is 9.14. The minimum Gasteiger partial charge on any atom is -0.357 e. The summed E-state index contributed by atoms with van der Waals surface area (Å²) in [6.07, 6.45) is 4.00. The van der Waals surface area contributed by atoms with Crippen LogP contribution in [0.2, 0.25) is 0 Å². The second-order valence-electron chi connectivity index (χ2n) is 6.61. The number of carbonyl (C=O) groups is 1. The standard InChI is InChI=1S/C17H33N5O/c1-4-18-17(22-13-11-21(12-14-22)16(3)23)19-8-10-20-9-6-5-7-15(20)2/h15H,4-14H2,1-3H3,(H,18,19). The predicted octanol–water partition coefficient (Wildman–Crippen LogP) is 0.990. The number of rotatable bonds is 4. The van der Waals surface area contributed by atoms with Crippen molar-refractivity contribution in [2.24, 2.45) is 4.99 Å². The molecule has 1 N–H and O–H groups in total. The van der Waals surface area contributed by atoms with Gasteiger partial charge in [0.1, 0.15) is 0 Å². The van der Waals surface area contributed by atoms with E-state index < -0.39 is 0 Å². The smallest absolute Gasteiger partial charge is 0.219 e. The number of nitrogens with zero attached hydrogens (tertiary/aromatic N) is 4. The summed E-state index contributed by atoms with van der Waals surface area (Å²) in [5, 5.41) is 3.40. The lowest BCUT2D eigenvalue weighted by atomic mass is 10.0. The van der Waals surface area contributed by atoms with Crippen LogP contribution in [0.4, 0.5) is 0 Å². The van der Waals surface area contributed by atoms with Gasteiger partial charge < -0.3 is 15.1 Å². The third kappa shape index (κ3) is 5.37. The van der Waals surface area contributed by atoms with E-state index in [2.05, 4.69) is 29.0 Å². The van der Waals surface area contributed by atoms with Crippen LogP contribution in [-0.2, 0) is 4.79 Å². The fourth-order valence-corrected chi connectivity index (χ4v) is 3.43. The van der Waals surface area contributed by atoms with Crippen molar-refractivity contribution in [3.63, 3.8) is 0 Å². The third-order valence-electron chi connectivity index (χ3n) is 4.95. The van der Waals surface area contributed by atoms with Gasteiger partial charge in [-0.2, -0.15) is 0 Å². The minimum atomic E-state index is 0.172. The van der Waals surface area contributed by atoms with E-state index in [0.717, 1.165) is 51.8 Å². The maximum Gasteiger partial charge on any atom is 0.219 e. The van der Waals surface area contributed by atoms with Gasteiger partial charge in [0.2, 0.25) is 5.91 Å². The maximum atomic E-state index is 11.4. The molecule has 6 heteroatoms. The average Bonchev–Trinajstić information content (AvgIpc) is 2.56. The number of amides is 1. The van der Waals surface area contributed by atoms with Crippen molar-refractivity contribution in [1.82, 2.24) is 20.0 Å². The molecule has 1 amide bonds. The Morgan fingerprint density at radius 2 is 1.83 bits per heavy atom. The molecule has 2 rings (SSSR count). The van der Waals surface area contributed by atoms with Crippen LogP contribution in [0.1, 0.15) is 40.0 Å². The lowest BCUT2D eigenvalue weighted by Crippen LogP contribution is -2.53. The molecule has 132 valence electrons. The molecule has 0 aromatic carbocycles. The first-order chi connectivity index (χ1) is 11.1. The van der Waals surface area contributed by atoms with Crippen molar-refractivity contribution >= 4 is 11.9 Å². The van der Waals surface area contributed by atoms with Crippen LogP contribution in [0, 0.1) is 0 Å². The molecule has 0 radical (unpaired) electrons. The molecule has 0 aliphatic carbocycles. The molecule has 2 heterocycles. The SMILES string of the molecule is CCNC(=NCCN1CCCCC1C)N1CCN(C(C)=O)CC1. The molecular formula is C17H33N5O. The number of nitrogens with one attached hydrogen (secondary N) is 1. The van der Waals surface area contributed by atoms with Crippen molar-refractivity contribution < 1.29 is 4.79 Å². The van der Waals surface area contributed by atoms with Crippen LogP contribution in [-0.4, -0.2) is 85.0 Å². The summed E-state index contributed by atoms with van der Waals surface area (Å²) in [5.41, 5.74) is 0. The Morgan fingerprint density at radius 3 is 2.43 bits per heavy atom. The van der Waals surface area contributed by atoms with Crippen LogP contribution < -0.4 is 5.32 Å². The number of piperidine rings is 1. The van der Waals surface area contributed by atoms with Crippen LogP contribution in [0.3, 0.4) is 0 Å². The number of piperazine rings is 1. The number of aliphatic imine (C=N–C) groups is 1. The van der Waals surface area contributed by atoms with Gasteiger partial charge in [0.15, 0.2) is 5.96 Å². The maximum absolute atomic E-state index is 11.4. The summed E-state index contributed by atoms with van der Waals surface area (Å²) in [6, 6.07) is 0.695. The van der Waals surface area contributed by atoms with E-state index in [4.69, 9.17) is 4.99 Å². The Balaban J connectivity index is 1.83. The van der Waals surface area contributed by atoms with Gasteiger partial charge in [-0.05, 0) is 33.2 Å². The molecule has 6 nitrogen and oxygen atoms in total. The van der Waals surface area contributed by atoms with E-state index in [0.29, 0.717) is 6.04 Å². The van der Waals surface area contributed by atoms with E-state index in [9.17, 15) is 4.79 Å². The Labute approximate surface area is 140 Å². The molecular weight excluding hydrogens is 290 g/mol. The number of hydrogen-bond acceptors (Lipinski definition) is 3. The zero-order valence-corrected chi connectivity index (χ0v) is 15.1. The monoisotopic (exact) mass is 323 g/mol. The molecule has 1 atom stereocenters. The largest absolute Gasteiger partial charge is 0.357 e. The Hall–Kier alpha value is -1.30. The first-order valence-corrected chi connectivity index (χ1v) is 9.14. The van der Waals surface area contributed by atoms with Crippen molar-refractivity contribution in [3.8, 4) is 0 Å². The molecule has 23 heavy (non-hydrogen) atoms. The van der Waals surface area contributed by atoms with Crippen LogP contribution in [0.5, 0.6) is 0 Å². The third-order valence-corrected chi connectivity index (χ3v) is 4.95. The predicted molar refractivity (Wildman–Crippen MR) is 94.7 cm³/mol. The summed E-state index contributed by atoms with van der Waals surface area (Å²) in [5.74, 6) is 1.17. The number of likely N-dealkylation sites (tertiary alicyclic amines) is 1. The Kier molecular flexibility index (Phi) is 7.15. The highest BCUT2D eigenvalue weighted by molar-refractivity contribution is 5.80. The van der Waals surface area contributed by atoms with Crippen molar-refractivity contribution in [1.29, 1.82) is 0 Å². The van der Waals surface area contributed by atoms with Gasteiger partial charge in [-0.25, -0.2) is 0 Å². The first kappa shape index (κ1) is 18.0. The fraction of sp³-hybridized carbons (Fsp3) is 0.882. The molecule has 0 saturated carbocycles. The second-order valence-corrected chi connectivity index (χ2v) is 6.61. The summed E-state index contributed by atoms with van der Waals surface area (Å²) < 4.78 is 0. The van der Waals surface area contributed by atoms with Gasteiger partial charge in [-0.3, -0.25) is 14.7 Å². The highest BCUT2D eigenvalue weighted by Crippen LogP contribution is 2.15. The fourth-order valence-electron chi connectivity index (χ4n) is 3.43. The Bertz CT molecular complexity index is 404. The number of carbonyl (C=O) groups excluding carboxylic acids is 1. The lowest BCUT2D eigenvalue weighted by Gasteiger charge is -2.36. The van der Waals surface area contributed by atoms with E-state index in [1.807, 2.05) is 4.90 Å². The van der Waals surface area contributed by atoms with Gasteiger partial charge in [0.05, 0.1) is 6.54 Å². The molecule has 0 spiro atoms. The topological polar surface area (TPSA) is 51.2 Å². The van der Waals surface area contributed by atoms with E-state index in [1.54, 1.807) is 6.92 Å². The quantitative estimate of drug-likeness (QED) is 0.619. The van der Waals surface area contributed by atoms with E-state index in [1.165, 1.54) is 25.8 Å². The minimum absolute atomic E-state index is 0.172. The van der Waals surface area contributed by atoms with Gasteiger partial charge >= 0.3 is 0 Å². The van der Waals surface area contributed by atoms with Gasteiger partial charge in [-0.15, -0.1) is 0 Å². The molecule has 2 fully saturated rings. The molecule has 2 saturated heterocycles. The summed E-state index contributed by atoms with van der Waals surface area (Å²) in [6.45, 7) is 13.4. The van der Waals surface area contributed by atoms with E-state index in [-0.39, 0.29) is 5.91 Å². The van der Waals surface area contributed by atoms with Crippen LogP contribution in [0.15, 0.2) is 4.99 Å². The molecule has 1 unspecified atom stereocenters. The summed E-state index contributed by atoms with van der Waals surface area (Å²) in [7, 11) is 0. The molecule has 0 bridgehead atoms. The number of hydrogen-bond donors (Lipinski definition) is 1. The lowest BCUT2D eigenvalue weighted by molar-refractivity contribution is -0.130. The van der Waals surface area contributed by atoms with Crippen molar-refractivity contribution in [2.75, 3.05) is 52.4 Å². The van der Waals surface area contributed by atoms with E-state index >= 15 is 0 Å². The molecule has 0 aromatic heterocycles. The van der Waals surface area contributed by atoms with Gasteiger partial charge in [-0.1, -0.05) is 6.42 Å². The summed E-state index contributed by atoms with van der Waals surface area (Å²) in [4.78, 5) is 23.0. The second kappa shape index (κ2) is 9.11. The normalized spacial score (nSPS) is 24.0. The van der Waals surface area contributed by atoms with Crippen molar-refractivity contribution in [2.45, 2.75) is 46.1 Å². The van der Waals surface area contributed by atoms with Crippen LogP contribution in [0.25, 0.3) is 0 Å². The highest BCUT2D eigenvalue weighted by Gasteiger charge is 2.21. The van der Waals surface area contributed by atoms with Crippen molar-refractivity contribution in [3.05, 3.63) is 0 Å². The van der Waals surface area contributed by atoms with Gasteiger partial charge in [0.25, 0.3) is 0 Å². The number of guanidine groups is 1. The summed E-state index contributed by atoms with van der Waals surface area (Å²) >= 11 is 0. The highest BCUT2D eigenvalue weighted by atomic mass is 16.2. The zero-order valence-electron chi connectivity index (χ0n) is 15.1. The zero-order chi connectivity index (χ0) is 16.7. The molecule has 2 aliphatic rings. The average molecular weight is 323 g/mol. The Morgan fingerprint density at radius 1 is 1.13 bits per heavy atom. The molecule has 0 aromatic rings.